The van der Waals surface area contributed by atoms with Crippen molar-refractivity contribution < 1.29 is 24.4 Å². The lowest BCUT2D eigenvalue weighted by Crippen LogP contribution is -2.54. The lowest BCUT2D eigenvalue weighted by atomic mass is 9.72. The summed E-state index contributed by atoms with van der Waals surface area (Å²) in [4.78, 5) is 22.8. The molecule has 22 heavy (non-hydrogen) atoms. The first kappa shape index (κ1) is 16.5. The minimum atomic E-state index is -1.23. The zero-order valence-corrected chi connectivity index (χ0v) is 12.0. The van der Waals surface area contributed by atoms with E-state index >= 15 is 0 Å². The number of carboxylic acid groups (broad SMARTS) is 1. The van der Waals surface area contributed by atoms with Gasteiger partial charge in [0, 0.05) is 0 Å². The molecule has 0 aliphatic carbocycles. The summed E-state index contributed by atoms with van der Waals surface area (Å²) >= 11 is 0. The third-order valence-corrected chi connectivity index (χ3v) is 3.65. The Kier molecular flexibility index (Phi) is 5.54. The van der Waals surface area contributed by atoms with Gasteiger partial charge in [0.25, 0.3) is 0 Å². The molecular formula is C14H19BN2O5. The van der Waals surface area contributed by atoms with Crippen molar-refractivity contribution in [1.82, 2.24) is 5.32 Å². The van der Waals surface area contributed by atoms with Gasteiger partial charge in [0.05, 0.1) is 18.5 Å². The van der Waals surface area contributed by atoms with Crippen molar-refractivity contribution in [2.45, 2.75) is 37.3 Å². The lowest BCUT2D eigenvalue weighted by Gasteiger charge is -2.31. The van der Waals surface area contributed by atoms with Crippen LogP contribution in [0.4, 0.5) is 0 Å². The second-order valence-electron chi connectivity index (χ2n) is 5.33. The van der Waals surface area contributed by atoms with Crippen molar-refractivity contribution in [3.8, 4) is 0 Å². The molecule has 1 fully saturated rings. The largest absolute Gasteiger partial charge is 0.481 e. The minimum Gasteiger partial charge on any atom is -0.481 e. The molecule has 1 aliphatic heterocycles. The molecule has 3 atom stereocenters. The van der Waals surface area contributed by atoms with Gasteiger partial charge in [0.15, 0.2) is 0 Å². The van der Waals surface area contributed by atoms with Gasteiger partial charge in [0.2, 0.25) is 5.91 Å². The smallest absolute Gasteiger partial charge is 0.478 e. The highest BCUT2D eigenvalue weighted by Gasteiger charge is 2.37. The normalized spacial score (nSPS) is 22.9. The summed E-state index contributed by atoms with van der Waals surface area (Å²) in [7, 11) is -1.23. The van der Waals surface area contributed by atoms with Gasteiger partial charge >= 0.3 is 13.1 Å². The summed E-state index contributed by atoms with van der Waals surface area (Å²) in [6, 6.07) is 8.08. The molecule has 1 saturated heterocycles. The number of hydrogen-bond acceptors (Lipinski definition) is 5. The van der Waals surface area contributed by atoms with Gasteiger partial charge in [-0.05, 0) is 18.4 Å². The van der Waals surface area contributed by atoms with Gasteiger partial charge in [-0.15, -0.1) is 0 Å². The molecule has 0 saturated carbocycles. The van der Waals surface area contributed by atoms with E-state index in [0.29, 0.717) is 18.4 Å². The second-order valence-corrected chi connectivity index (χ2v) is 5.33. The minimum absolute atomic E-state index is 0.165. The summed E-state index contributed by atoms with van der Waals surface area (Å²) in [6.45, 7) is 0. The third-order valence-electron chi connectivity index (χ3n) is 3.65. The number of hydrogen-bond donors (Lipinski definition) is 4. The molecule has 0 spiro atoms. The van der Waals surface area contributed by atoms with Crippen LogP contribution in [0.3, 0.4) is 0 Å². The summed E-state index contributed by atoms with van der Waals surface area (Å²) in [5.41, 5.74) is 6.56. The van der Waals surface area contributed by atoms with Gasteiger partial charge < -0.3 is 25.8 Å². The molecule has 1 unspecified atom stereocenters. The fourth-order valence-corrected chi connectivity index (χ4v) is 2.44. The Morgan fingerprint density at radius 1 is 1.36 bits per heavy atom. The molecule has 0 bridgehead atoms. The average Bonchev–Trinajstić information content (AvgIpc) is 2.49. The highest BCUT2D eigenvalue weighted by Crippen LogP contribution is 2.19. The van der Waals surface area contributed by atoms with Crippen molar-refractivity contribution >= 4 is 19.0 Å². The molecule has 0 aromatic heterocycles. The summed E-state index contributed by atoms with van der Waals surface area (Å²) in [5.74, 6) is -1.98. The van der Waals surface area contributed by atoms with E-state index in [-0.39, 0.29) is 6.42 Å². The van der Waals surface area contributed by atoms with Crippen LogP contribution in [0.15, 0.2) is 30.3 Å². The maximum Gasteiger partial charge on any atom is 0.478 e. The summed E-state index contributed by atoms with van der Waals surface area (Å²) in [5, 5.41) is 21.3. The molecule has 1 aliphatic rings. The van der Waals surface area contributed by atoms with Crippen molar-refractivity contribution in [3.63, 3.8) is 0 Å². The predicted molar refractivity (Wildman–Crippen MR) is 79.6 cm³/mol. The van der Waals surface area contributed by atoms with E-state index in [0.717, 1.165) is 0 Å². The molecule has 1 heterocycles. The van der Waals surface area contributed by atoms with Crippen molar-refractivity contribution in [2.24, 2.45) is 5.73 Å². The molecule has 118 valence electrons. The number of nitrogens with one attached hydrogen (secondary N) is 1. The first-order valence-corrected chi connectivity index (χ1v) is 7.13. The summed E-state index contributed by atoms with van der Waals surface area (Å²) < 4.78 is 5.22. The standard InChI is InChI=1S/C14H19BN2O5/c16-13(9-4-2-1-3-5-9)14(20)17-11-7-6-10(8-12(18)19)22-15(11)21/h1-5,10-11,13,21H,6-8,16H2,(H,17,20)(H,18,19)/t10-,11?,13-/m0/s1. The Balaban J connectivity index is 1.88. The number of amides is 1. The zero-order valence-electron chi connectivity index (χ0n) is 12.0. The van der Waals surface area contributed by atoms with Crippen LogP contribution in [0.1, 0.15) is 30.9 Å². The maximum atomic E-state index is 12.1. The van der Waals surface area contributed by atoms with Crippen LogP contribution < -0.4 is 11.1 Å². The second kappa shape index (κ2) is 7.39. The number of benzene rings is 1. The van der Waals surface area contributed by atoms with E-state index in [1.165, 1.54) is 0 Å². The van der Waals surface area contributed by atoms with Crippen LogP contribution in [-0.2, 0) is 14.2 Å². The SMILES string of the molecule is N[C@H](C(=O)NC1CC[C@@H](CC(=O)O)OB1O)c1ccccc1. The predicted octanol–water partition coefficient (Wildman–Crippen LogP) is -0.155. The molecule has 1 amide bonds. The highest BCUT2D eigenvalue weighted by molar-refractivity contribution is 6.45. The van der Waals surface area contributed by atoms with Crippen LogP contribution in [0.2, 0.25) is 0 Å². The van der Waals surface area contributed by atoms with Crippen LogP contribution >= 0.6 is 0 Å². The number of carbonyl (C=O) groups excluding carboxylic acids is 1. The van der Waals surface area contributed by atoms with Crippen molar-refractivity contribution in [3.05, 3.63) is 35.9 Å². The van der Waals surface area contributed by atoms with E-state index < -0.39 is 37.1 Å². The molecule has 8 heteroatoms. The third kappa shape index (κ3) is 4.30. The van der Waals surface area contributed by atoms with E-state index in [4.69, 9.17) is 15.5 Å². The van der Waals surface area contributed by atoms with Crippen molar-refractivity contribution in [2.75, 3.05) is 0 Å². The highest BCUT2D eigenvalue weighted by atomic mass is 16.5. The monoisotopic (exact) mass is 306 g/mol. The van der Waals surface area contributed by atoms with Crippen LogP contribution in [0.25, 0.3) is 0 Å². The molecular weight excluding hydrogens is 287 g/mol. The quantitative estimate of drug-likeness (QED) is 0.561. The van der Waals surface area contributed by atoms with Gasteiger partial charge in [-0.2, -0.15) is 0 Å². The van der Waals surface area contributed by atoms with E-state index in [1.807, 2.05) is 6.07 Å². The van der Waals surface area contributed by atoms with Crippen LogP contribution in [-0.4, -0.2) is 41.2 Å². The van der Waals surface area contributed by atoms with Gasteiger partial charge in [-0.3, -0.25) is 9.59 Å². The molecule has 7 nitrogen and oxygen atoms in total. The van der Waals surface area contributed by atoms with E-state index in [9.17, 15) is 14.6 Å². The van der Waals surface area contributed by atoms with Crippen LogP contribution in [0, 0.1) is 0 Å². The Hall–Kier alpha value is -1.90. The first-order chi connectivity index (χ1) is 10.5. The van der Waals surface area contributed by atoms with E-state index in [2.05, 4.69) is 5.32 Å². The van der Waals surface area contributed by atoms with Crippen molar-refractivity contribution in [1.29, 1.82) is 0 Å². The summed E-state index contributed by atoms with van der Waals surface area (Å²) in [6.07, 6.45) is 0.186. The molecule has 0 radical (unpaired) electrons. The lowest BCUT2D eigenvalue weighted by molar-refractivity contribution is -0.139. The Labute approximate surface area is 128 Å². The molecule has 5 N–H and O–H groups in total. The molecule has 2 rings (SSSR count). The zero-order chi connectivity index (χ0) is 16.1. The number of rotatable bonds is 5. The molecule has 1 aromatic rings. The number of carbonyl (C=O) groups is 2. The number of aliphatic carboxylic acids is 1. The average molecular weight is 306 g/mol. The topological polar surface area (TPSA) is 122 Å². The van der Waals surface area contributed by atoms with Crippen LogP contribution in [0.5, 0.6) is 0 Å². The van der Waals surface area contributed by atoms with E-state index in [1.54, 1.807) is 24.3 Å². The Morgan fingerprint density at radius 2 is 2.05 bits per heavy atom. The van der Waals surface area contributed by atoms with Gasteiger partial charge in [-0.1, -0.05) is 30.3 Å². The Morgan fingerprint density at radius 3 is 2.64 bits per heavy atom. The number of carboxylic acids is 1. The number of nitrogens with two attached hydrogens (primary N) is 1. The molecule has 1 aromatic carbocycles. The Bertz CT molecular complexity index is 527. The maximum absolute atomic E-state index is 12.1. The van der Waals surface area contributed by atoms with Gasteiger partial charge in [0.1, 0.15) is 6.04 Å². The first-order valence-electron chi connectivity index (χ1n) is 7.13. The fraction of sp³-hybridized carbons (Fsp3) is 0.429. The fourth-order valence-electron chi connectivity index (χ4n) is 2.44. The van der Waals surface area contributed by atoms with Gasteiger partial charge in [-0.25, -0.2) is 0 Å².